The second-order valence-electron chi connectivity index (χ2n) is 13.5. The van der Waals surface area contributed by atoms with E-state index in [-0.39, 0.29) is 17.9 Å². The van der Waals surface area contributed by atoms with Gasteiger partial charge in [0.05, 0.1) is 5.92 Å². The third-order valence-electron chi connectivity index (χ3n) is 8.26. The van der Waals surface area contributed by atoms with Crippen LogP contribution < -0.4 is 0 Å². The number of benzene rings is 3. The summed E-state index contributed by atoms with van der Waals surface area (Å²) in [5.74, 6) is 0.580. The van der Waals surface area contributed by atoms with Crippen molar-refractivity contribution in [1.29, 1.82) is 0 Å². The van der Waals surface area contributed by atoms with Crippen molar-refractivity contribution in [3.8, 4) is 0 Å². The van der Waals surface area contributed by atoms with Crippen molar-refractivity contribution in [2.45, 2.75) is 121 Å². The fourth-order valence-electron chi connectivity index (χ4n) is 5.13. The number of fused-ring (bicyclic) bond motifs is 1. The summed E-state index contributed by atoms with van der Waals surface area (Å²) in [4.78, 5) is 26.8. The van der Waals surface area contributed by atoms with E-state index >= 15 is 0 Å². The molecule has 1 heterocycles. The standard InChI is InChI=1S/C18H36N2O.C11H10.C8H10.C3H6O2.C2H6/c1-7-11-19(12-9-15(3)8-2)17(21)16-10-13-20(14-16)18(4,5)6;1-9-6-7-10-4-2-3-5-11(10)8-9;1-7-4-3-5-8(2)6-7;1-2-3(4)5;1-2/h15-16H,7-14H2,1-6H3;2-8H,1H3;3-6H,1-2H3;2H2,1H3,(H,4,5);1-2H3. The molecule has 5 heteroatoms. The van der Waals surface area contributed by atoms with Crippen LogP contribution in [0.5, 0.6) is 0 Å². The van der Waals surface area contributed by atoms with Gasteiger partial charge < -0.3 is 10.0 Å². The third-order valence-corrected chi connectivity index (χ3v) is 8.26. The predicted molar refractivity (Wildman–Crippen MR) is 204 cm³/mol. The van der Waals surface area contributed by atoms with Gasteiger partial charge in [0.2, 0.25) is 5.91 Å². The molecule has 1 saturated heterocycles. The monoisotopic (exact) mass is 649 g/mol. The van der Waals surface area contributed by atoms with Crippen LogP contribution in [0.1, 0.15) is 111 Å². The van der Waals surface area contributed by atoms with Crippen LogP contribution in [0.4, 0.5) is 0 Å². The van der Waals surface area contributed by atoms with Crippen molar-refractivity contribution in [3.63, 3.8) is 0 Å². The second-order valence-corrected chi connectivity index (χ2v) is 13.5. The van der Waals surface area contributed by atoms with Crippen molar-refractivity contribution in [2.24, 2.45) is 11.8 Å². The Hall–Kier alpha value is -3.18. The topological polar surface area (TPSA) is 60.9 Å². The first kappa shape index (κ1) is 43.8. The predicted octanol–water partition coefficient (Wildman–Crippen LogP) is 10.7. The van der Waals surface area contributed by atoms with Gasteiger partial charge in [-0.2, -0.15) is 0 Å². The van der Waals surface area contributed by atoms with Crippen molar-refractivity contribution >= 4 is 22.6 Å². The zero-order chi connectivity index (χ0) is 36.0. The highest BCUT2D eigenvalue weighted by Gasteiger charge is 2.35. The Balaban J connectivity index is 0.000000673. The molecular formula is C42H68N2O3. The third kappa shape index (κ3) is 18.7. The summed E-state index contributed by atoms with van der Waals surface area (Å²) in [7, 11) is 0. The second kappa shape index (κ2) is 24.0. The van der Waals surface area contributed by atoms with Gasteiger partial charge >= 0.3 is 5.97 Å². The van der Waals surface area contributed by atoms with Crippen molar-refractivity contribution in [2.75, 3.05) is 26.2 Å². The largest absolute Gasteiger partial charge is 0.481 e. The first-order valence-electron chi connectivity index (χ1n) is 18.0. The zero-order valence-corrected chi connectivity index (χ0v) is 32.0. The minimum absolute atomic E-state index is 0.182. The van der Waals surface area contributed by atoms with E-state index in [1.54, 1.807) is 6.92 Å². The highest BCUT2D eigenvalue weighted by atomic mass is 16.4. The Morgan fingerprint density at radius 3 is 1.85 bits per heavy atom. The Morgan fingerprint density at radius 1 is 0.851 bits per heavy atom. The van der Waals surface area contributed by atoms with Crippen molar-refractivity contribution in [1.82, 2.24) is 9.80 Å². The fraction of sp³-hybridized carbons (Fsp3) is 0.571. The Bertz CT molecular complexity index is 1260. The number of carboxylic acid groups (broad SMARTS) is 1. The van der Waals surface area contributed by atoms with Crippen LogP contribution in [0.3, 0.4) is 0 Å². The van der Waals surface area contributed by atoms with E-state index in [1.165, 1.54) is 33.9 Å². The van der Waals surface area contributed by atoms with E-state index < -0.39 is 5.97 Å². The Kier molecular flexibility index (Phi) is 22.4. The average molecular weight is 649 g/mol. The highest BCUT2D eigenvalue weighted by Crippen LogP contribution is 2.26. The SMILES string of the molecule is CC.CCC(=O)O.CCCN(CCC(C)CC)C(=O)C1CCN(C(C)(C)C)C1.Cc1ccc2ccccc2c1.Cc1cccc(C)c1. The maximum Gasteiger partial charge on any atom is 0.303 e. The summed E-state index contributed by atoms with van der Waals surface area (Å²) >= 11 is 0. The van der Waals surface area contributed by atoms with E-state index in [9.17, 15) is 9.59 Å². The molecule has 5 nitrogen and oxygen atoms in total. The fourth-order valence-corrected chi connectivity index (χ4v) is 5.13. The highest BCUT2D eigenvalue weighted by molar-refractivity contribution is 5.82. The van der Waals surface area contributed by atoms with E-state index in [4.69, 9.17) is 5.11 Å². The summed E-state index contributed by atoms with van der Waals surface area (Å²) in [5, 5.41) is 10.4. The number of amides is 1. The summed E-state index contributed by atoms with van der Waals surface area (Å²) in [6.07, 6.45) is 4.65. The van der Waals surface area contributed by atoms with Crippen molar-refractivity contribution < 1.29 is 14.7 Å². The van der Waals surface area contributed by atoms with Gasteiger partial charge in [0.1, 0.15) is 0 Å². The van der Waals surface area contributed by atoms with Gasteiger partial charge in [-0.3, -0.25) is 14.5 Å². The molecule has 3 aromatic rings. The van der Waals surface area contributed by atoms with Gasteiger partial charge in [0.15, 0.2) is 0 Å². The normalized spacial score (nSPS) is 14.5. The molecule has 0 aromatic heterocycles. The number of carbonyl (C=O) groups excluding carboxylic acids is 1. The van der Waals surface area contributed by atoms with Gasteiger partial charge in [-0.05, 0) is 84.0 Å². The summed E-state index contributed by atoms with van der Waals surface area (Å²) in [5.41, 5.74) is 4.18. The molecule has 4 rings (SSSR count). The molecule has 0 saturated carbocycles. The quantitative estimate of drug-likeness (QED) is 0.264. The van der Waals surface area contributed by atoms with Crippen molar-refractivity contribution in [3.05, 3.63) is 83.4 Å². The van der Waals surface area contributed by atoms with E-state index in [2.05, 4.69) is 139 Å². The number of hydrogen-bond donors (Lipinski definition) is 1. The number of hydrogen-bond acceptors (Lipinski definition) is 3. The lowest BCUT2D eigenvalue weighted by molar-refractivity contribution is -0.137. The number of carbonyl (C=O) groups is 2. The number of rotatable bonds is 8. The van der Waals surface area contributed by atoms with Gasteiger partial charge in [0, 0.05) is 31.6 Å². The zero-order valence-electron chi connectivity index (χ0n) is 32.0. The molecule has 1 aliphatic rings. The van der Waals surface area contributed by atoms with Crippen LogP contribution >= 0.6 is 0 Å². The average Bonchev–Trinajstić information content (AvgIpc) is 3.56. The molecule has 1 aliphatic heterocycles. The molecule has 1 fully saturated rings. The lowest BCUT2D eigenvalue weighted by Gasteiger charge is -2.32. The molecule has 0 spiro atoms. The molecule has 1 N–H and O–H groups in total. The molecule has 47 heavy (non-hydrogen) atoms. The minimum atomic E-state index is -0.745. The first-order valence-corrected chi connectivity index (χ1v) is 18.0. The molecular weight excluding hydrogens is 580 g/mol. The van der Waals surface area contributed by atoms with Gasteiger partial charge in [0.25, 0.3) is 0 Å². The number of nitrogens with zero attached hydrogens (tertiary/aromatic N) is 2. The van der Waals surface area contributed by atoms with E-state index in [0.717, 1.165) is 45.4 Å². The van der Waals surface area contributed by atoms with Crippen LogP contribution in [0, 0.1) is 32.6 Å². The lowest BCUT2D eigenvalue weighted by Crippen LogP contribution is -2.42. The summed E-state index contributed by atoms with van der Waals surface area (Å²) in [6, 6.07) is 23.4. The van der Waals surface area contributed by atoms with Gasteiger partial charge in [-0.15, -0.1) is 0 Å². The number of aryl methyl sites for hydroxylation is 3. The van der Waals surface area contributed by atoms with Gasteiger partial charge in [-0.1, -0.05) is 131 Å². The Labute approximate surface area is 288 Å². The molecule has 3 aromatic carbocycles. The maximum absolute atomic E-state index is 12.8. The number of carboxylic acids is 1. The molecule has 0 bridgehead atoms. The van der Waals surface area contributed by atoms with Crippen LogP contribution in [-0.4, -0.2) is 58.5 Å². The first-order chi connectivity index (χ1) is 22.2. The number of aliphatic carboxylic acids is 1. The van der Waals surface area contributed by atoms with Gasteiger partial charge in [-0.25, -0.2) is 0 Å². The van der Waals surface area contributed by atoms with E-state index in [1.807, 2.05) is 13.8 Å². The Morgan fingerprint density at radius 2 is 1.40 bits per heavy atom. The van der Waals surface area contributed by atoms with Crippen LogP contribution in [0.15, 0.2) is 66.7 Å². The maximum atomic E-state index is 12.8. The molecule has 2 atom stereocenters. The summed E-state index contributed by atoms with van der Waals surface area (Å²) in [6.45, 7) is 29.2. The molecule has 2 unspecified atom stereocenters. The molecule has 0 aliphatic carbocycles. The molecule has 264 valence electrons. The van der Waals surface area contributed by atoms with Crippen LogP contribution in [0.2, 0.25) is 0 Å². The molecule has 0 radical (unpaired) electrons. The summed E-state index contributed by atoms with van der Waals surface area (Å²) < 4.78 is 0. The van der Waals surface area contributed by atoms with E-state index in [0.29, 0.717) is 11.8 Å². The number of likely N-dealkylation sites (tertiary alicyclic amines) is 1. The lowest BCUT2D eigenvalue weighted by atomic mass is 10.0. The smallest absolute Gasteiger partial charge is 0.303 e. The van der Waals surface area contributed by atoms with Crippen LogP contribution in [0.25, 0.3) is 10.8 Å². The minimum Gasteiger partial charge on any atom is -0.481 e. The van der Waals surface area contributed by atoms with Crippen LogP contribution in [-0.2, 0) is 9.59 Å². The molecule has 1 amide bonds.